The summed E-state index contributed by atoms with van der Waals surface area (Å²) in [6.45, 7) is 0.140. The molecule has 0 spiro atoms. The molecule has 5 heteroatoms. The van der Waals surface area contributed by atoms with Gasteiger partial charge in [0.15, 0.2) is 6.10 Å². The lowest BCUT2D eigenvalue weighted by Crippen LogP contribution is -2.29. The maximum Gasteiger partial charge on any atom is 0.253 e. The third-order valence-corrected chi connectivity index (χ3v) is 3.60. The second-order valence-electron chi connectivity index (χ2n) is 4.27. The van der Waals surface area contributed by atoms with Gasteiger partial charge in [0.05, 0.1) is 0 Å². The molecule has 20 heavy (non-hydrogen) atoms. The number of benzene rings is 2. The first-order valence-corrected chi connectivity index (χ1v) is 6.82. The van der Waals surface area contributed by atoms with E-state index in [-0.39, 0.29) is 12.4 Å². The summed E-state index contributed by atoms with van der Waals surface area (Å²) in [5, 5.41) is 12.5. The lowest BCUT2D eigenvalue weighted by Gasteiger charge is -2.12. The molecule has 104 valence electrons. The molecule has 0 aliphatic carbocycles. The van der Waals surface area contributed by atoms with Crippen LogP contribution in [-0.4, -0.2) is 11.0 Å². The van der Waals surface area contributed by atoms with Crippen LogP contribution >= 0.6 is 15.9 Å². The van der Waals surface area contributed by atoms with Crippen molar-refractivity contribution in [3.8, 4) is 0 Å². The molecule has 0 aliphatic rings. The van der Waals surface area contributed by atoms with Gasteiger partial charge in [-0.1, -0.05) is 46.3 Å². The van der Waals surface area contributed by atoms with E-state index < -0.39 is 12.0 Å². The number of hydrogen-bond acceptors (Lipinski definition) is 2. The molecular formula is C15H13BrFNO2. The molecule has 1 amide bonds. The van der Waals surface area contributed by atoms with E-state index in [0.29, 0.717) is 15.6 Å². The molecule has 0 aliphatic heterocycles. The highest BCUT2D eigenvalue weighted by molar-refractivity contribution is 9.10. The third-order valence-electron chi connectivity index (χ3n) is 2.82. The van der Waals surface area contributed by atoms with Crippen LogP contribution in [0.15, 0.2) is 53.0 Å². The normalized spacial score (nSPS) is 11.9. The number of carbonyl (C=O) groups is 1. The van der Waals surface area contributed by atoms with Gasteiger partial charge in [-0.3, -0.25) is 4.79 Å². The first-order chi connectivity index (χ1) is 9.58. The highest BCUT2D eigenvalue weighted by atomic mass is 79.9. The minimum Gasteiger partial charge on any atom is -0.378 e. The maximum atomic E-state index is 13.1. The zero-order chi connectivity index (χ0) is 14.5. The predicted molar refractivity (Wildman–Crippen MR) is 77.3 cm³/mol. The molecule has 3 nitrogen and oxygen atoms in total. The van der Waals surface area contributed by atoms with Crippen molar-refractivity contribution in [3.63, 3.8) is 0 Å². The number of hydrogen-bond donors (Lipinski definition) is 2. The summed E-state index contributed by atoms with van der Waals surface area (Å²) in [7, 11) is 0. The van der Waals surface area contributed by atoms with Crippen molar-refractivity contribution in [1.82, 2.24) is 5.32 Å². The molecule has 1 atom stereocenters. The Kier molecular flexibility index (Phi) is 4.87. The summed E-state index contributed by atoms with van der Waals surface area (Å²) in [5.41, 5.74) is 1.13. The first-order valence-electron chi connectivity index (χ1n) is 6.02. The Hall–Kier alpha value is -1.72. The molecule has 0 aromatic heterocycles. The van der Waals surface area contributed by atoms with Crippen molar-refractivity contribution in [3.05, 3.63) is 69.9 Å². The van der Waals surface area contributed by atoms with E-state index in [9.17, 15) is 14.3 Å². The molecule has 0 radical (unpaired) electrons. The topological polar surface area (TPSA) is 49.3 Å². The number of rotatable bonds is 4. The van der Waals surface area contributed by atoms with Crippen molar-refractivity contribution in [2.24, 2.45) is 0 Å². The van der Waals surface area contributed by atoms with E-state index >= 15 is 0 Å². The minimum absolute atomic E-state index is 0.140. The average molecular weight is 338 g/mol. The van der Waals surface area contributed by atoms with Gasteiger partial charge in [-0.25, -0.2) is 4.39 Å². The fraction of sp³-hybridized carbons (Fsp3) is 0.133. The fourth-order valence-electron chi connectivity index (χ4n) is 1.74. The lowest BCUT2D eigenvalue weighted by molar-refractivity contribution is -0.129. The van der Waals surface area contributed by atoms with Crippen molar-refractivity contribution in [2.45, 2.75) is 12.6 Å². The second kappa shape index (κ2) is 6.63. The molecule has 2 aromatic rings. The Morgan fingerprint density at radius 1 is 1.25 bits per heavy atom. The van der Waals surface area contributed by atoms with Crippen molar-refractivity contribution in [2.75, 3.05) is 0 Å². The van der Waals surface area contributed by atoms with Crippen LogP contribution in [0.25, 0.3) is 0 Å². The SMILES string of the molecule is O=C(NCc1cc(F)ccc1Br)C(O)c1ccccc1. The quantitative estimate of drug-likeness (QED) is 0.901. The van der Waals surface area contributed by atoms with Gasteiger partial charge in [0.25, 0.3) is 5.91 Å². The number of nitrogens with one attached hydrogen (secondary N) is 1. The second-order valence-corrected chi connectivity index (χ2v) is 5.12. The zero-order valence-corrected chi connectivity index (χ0v) is 12.1. The number of amides is 1. The highest BCUT2D eigenvalue weighted by Gasteiger charge is 2.16. The molecule has 0 bridgehead atoms. The molecule has 2 N–H and O–H groups in total. The van der Waals surface area contributed by atoms with E-state index in [1.54, 1.807) is 36.4 Å². The summed E-state index contributed by atoms with van der Waals surface area (Å²) in [4.78, 5) is 11.8. The third kappa shape index (κ3) is 3.65. The van der Waals surface area contributed by atoms with Gasteiger partial charge in [0, 0.05) is 11.0 Å². The first kappa shape index (κ1) is 14.7. The highest BCUT2D eigenvalue weighted by Crippen LogP contribution is 2.18. The van der Waals surface area contributed by atoms with E-state index in [4.69, 9.17) is 0 Å². The molecule has 1 unspecified atom stereocenters. The molecule has 0 fully saturated rings. The largest absolute Gasteiger partial charge is 0.378 e. The molecular weight excluding hydrogens is 325 g/mol. The number of carbonyl (C=O) groups excluding carboxylic acids is 1. The van der Waals surface area contributed by atoms with Crippen LogP contribution in [-0.2, 0) is 11.3 Å². The summed E-state index contributed by atoms with van der Waals surface area (Å²) >= 11 is 3.28. The smallest absolute Gasteiger partial charge is 0.253 e. The Balaban J connectivity index is 2.00. The lowest BCUT2D eigenvalue weighted by atomic mass is 10.1. The van der Waals surface area contributed by atoms with E-state index in [2.05, 4.69) is 21.2 Å². The van der Waals surface area contributed by atoms with Crippen LogP contribution in [0.3, 0.4) is 0 Å². The summed E-state index contributed by atoms with van der Waals surface area (Å²) in [6, 6.07) is 12.9. The number of aliphatic hydroxyl groups excluding tert-OH is 1. The Morgan fingerprint density at radius 3 is 2.65 bits per heavy atom. The van der Waals surface area contributed by atoms with Gasteiger partial charge in [-0.15, -0.1) is 0 Å². The summed E-state index contributed by atoms with van der Waals surface area (Å²) in [5.74, 6) is -0.895. The van der Waals surface area contributed by atoms with E-state index in [1.807, 2.05) is 0 Å². The van der Waals surface area contributed by atoms with Gasteiger partial charge >= 0.3 is 0 Å². The zero-order valence-electron chi connectivity index (χ0n) is 10.5. The monoisotopic (exact) mass is 337 g/mol. The number of halogens is 2. The van der Waals surface area contributed by atoms with Crippen molar-refractivity contribution < 1.29 is 14.3 Å². The molecule has 0 heterocycles. The Labute approximate surface area is 124 Å². The van der Waals surface area contributed by atoms with Crippen molar-refractivity contribution >= 4 is 21.8 Å². The molecule has 2 aromatic carbocycles. The Morgan fingerprint density at radius 2 is 1.95 bits per heavy atom. The summed E-state index contributed by atoms with van der Waals surface area (Å²) in [6.07, 6.45) is -1.23. The molecule has 2 rings (SSSR count). The van der Waals surface area contributed by atoms with Crippen LogP contribution in [0.5, 0.6) is 0 Å². The van der Waals surface area contributed by atoms with Gasteiger partial charge in [-0.2, -0.15) is 0 Å². The average Bonchev–Trinajstić information content (AvgIpc) is 2.48. The maximum absolute atomic E-state index is 13.1. The van der Waals surface area contributed by atoms with E-state index in [0.717, 1.165) is 0 Å². The fourth-order valence-corrected chi connectivity index (χ4v) is 2.13. The van der Waals surface area contributed by atoms with Gasteiger partial charge in [0.1, 0.15) is 5.82 Å². The Bertz CT molecular complexity index is 604. The van der Waals surface area contributed by atoms with E-state index in [1.165, 1.54) is 12.1 Å². The summed E-state index contributed by atoms with van der Waals surface area (Å²) < 4.78 is 13.8. The van der Waals surface area contributed by atoms with Crippen molar-refractivity contribution in [1.29, 1.82) is 0 Å². The van der Waals surface area contributed by atoms with Crippen LogP contribution in [0.4, 0.5) is 4.39 Å². The van der Waals surface area contributed by atoms with Crippen LogP contribution in [0.2, 0.25) is 0 Å². The van der Waals surface area contributed by atoms with Gasteiger partial charge < -0.3 is 10.4 Å². The number of aliphatic hydroxyl groups is 1. The van der Waals surface area contributed by atoms with Crippen LogP contribution in [0.1, 0.15) is 17.2 Å². The van der Waals surface area contributed by atoms with Gasteiger partial charge in [-0.05, 0) is 29.3 Å². The molecule has 0 saturated carbocycles. The standard InChI is InChI=1S/C15H13BrFNO2/c16-13-7-6-12(17)8-11(13)9-18-15(20)14(19)10-4-2-1-3-5-10/h1-8,14,19H,9H2,(H,18,20). The van der Waals surface area contributed by atoms with Crippen LogP contribution < -0.4 is 5.32 Å². The minimum atomic E-state index is -1.23. The predicted octanol–water partition coefficient (Wildman–Crippen LogP) is 2.94. The van der Waals surface area contributed by atoms with Crippen LogP contribution in [0, 0.1) is 5.82 Å². The van der Waals surface area contributed by atoms with Gasteiger partial charge in [0.2, 0.25) is 0 Å². The molecule has 0 saturated heterocycles.